The van der Waals surface area contributed by atoms with Crippen molar-refractivity contribution in [3.63, 3.8) is 0 Å². The van der Waals surface area contributed by atoms with Crippen LogP contribution in [0.1, 0.15) is 13.8 Å². The number of aldehydes is 1. The van der Waals surface area contributed by atoms with Crippen molar-refractivity contribution in [2.75, 3.05) is 6.61 Å². The van der Waals surface area contributed by atoms with E-state index in [9.17, 15) is 9.59 Å². The Balaban J connectivity index is -0.000000209. The average molecular weight is 235 g/mol. The molecule has 2 N–H and O–H groups in total. The van der Waals surface area contributed by atoms with E-state index in [-0.39, 0.29) is 35.8 Å². The maximum absolute atomic E-state index is 10.4. The van der Waals surface area contributed by atoms with Crippen molar-refractivity contribution in [3.05, 3.63) is 0 Å². The molecular formula is C6H12NaO6S+. The van der Waals surface area contributed by atoms with E-state index in [0.29, 0.717) is 6.61 Å². The molecule has 0 aliphatic rings. The molecule has 0 aliphatic heterocycles. The number of carbonyl (C=O) groups is 2. The standard InChI is InChI=1S/C6H10O3.Na.H2O3S/c1-3-9-5(2)6(8)4-7;;1-4(2)3/h4-5H,3H2,1-2H3;;(H2,1,2,3)/q;+1;. The Bertz CT molecular complexity index is 181. The predicted octanol–water partition coefficient (Wildman–Crippen LogP) is -3.14. The van der Waals surface area contributed by atoms with Crippen LogP contribution in [-0.2, 0) is 25.7 Å². The van der Waals surface area contributed by atoms with Gasteiger partial charge in [0.2, 0.25) is 5.78 Å². The summed E-state index contributed by atoms with van der Waals surface area (Å²) in [4.78, 5) is 20.2. The first-order valence-corrected chi connectivity index (χ1v) is 4.42. The quantitative estimate of drug-likeness (QED) is 0.231. The van der Waals surface area contributed by atoms with Crippen LogP contribution in [0.5, 0.6) is 0 Å². The van der Waals surface area contributed by atoms with Gasteiger partial charge in [-0.3, -0.25) is 18.7 Å². The zero-order valence-corrected chi connectivity index (χ0v) is 11.1. The summed E-state index contributed by atoms with van der Waals surface area (Å²) in [6, 6.07) is 0. The molecule has 0 aromatic heterocycles. The van der Waals surface area contributed by atoms with Crippen molar-refractivity contribution in [2.24, 2.45) is 0 Å². The third-order valence-electron chi connectivity index (χ3n) is 0.933. The van der Waals surface area contributed by atoms with Gasteiger partial charge in [-0.1, -0.05) is 0 Å². The van der Waals surface area contributed by atoms with Crippen LogP contribution >= 0.6 is 0 Å². The molecule has 0 amide bonds. The smallest absolute Gasteiger partial charge is 0.371 e. The van der Waals surface area contributed by atoms with Crippen LogP contribution in [0.15, 0.2) is 0 Å². The first-order chi connectivity index (χ1) is 5.95. The molecule has 0 saturated carbocycles. The molecule has 0 aromatic carbocycles. The normalized spacial score (nSPS) is 10.6. The average Bonchev–Trinajstić information content (AvgIpc) is 2.02. The first-order valence-electron chi connectivity index (χ1n) is 3.36. The van der Waals surface area contributed by atoms with Crippen LogP contribution in [-0.4, -0.2) is 38.1 Å². The fourth-order valence-corrected chi connectivity index (χ4v) is 0.428. The minimum Gasteiger partial charge on any atom is -0.371 e. The van der Waals surface area contributed by atoms with Crippen LogP contribution in [0, 0.1) is 0 Å². The molecule has 1 atom stereocenters. The number of rotatable bonds is 4. The Morgan fingerprint density at radius 1 is 1.57 bits per heavy atom. The second kappa shape index (κ2) is 13.4. The summed E-state index contributed by atoms with van der Waals surface area (Å²) < 4.78 is 27.6. The van der Waals surface area contributed by atoms with Crippen LogP contribution in [0.25, 0.3) is 0 Å². The summed E-state index contributed by atoms with van der Waals surface area (Å²) in [5.41, 5.74) is 0. The zero-order chi connectivity index (χ0) is 10.9. The summed E-state index contributed by atoms with van der Waals surface area (Å²) in [7, 11) is 0. The first kappa shape index (κ1) is 19.9. The third-order valence-corrected chi connectivity index (χ3v) is 0.933. The molecule has 14 heavy (non-hydrogen) atoms. The van der Waals surface area contributed by atoms with Gasteiger partial charge in [-0.05, 0) is 13.8 Å². The number of carbonyl (C=O) groups excluding carboxylic acids is 2. The van der Waals surface area contributed by atoms with Crippen molar-refractivity contribution >= 4 is 23.4 Å². The minimum absolute atomic E-state index is 0. The number of hydrogen-bond acceptors (Lipinski definition) is 4. The summed E-state index contributed by atoms with van der Waals surface area (Å²) in [5.74, 6) is -0.503. The molecular weight excluding hydrogens is 223 g/mol. The van der Waals surface area contributed by atoms with Gasteiger partial charge in [-0.15, -0.1) is 0 Å². The molecule has 0 spiro atoms. The fraction of sp³-hybridized carbons (Fsp3) is 0.667. The Morgan fingerprint density at radius 2 is 1.93 bits per heavy atom. The second-order valence-electron chi connectivity index (χ2n) is 1.85. The van der Waals surface area contributed by atoms with E-state index in [0.717, 1.165) is 0 Å². The Hall–Kier alpha value is 0.370. The molecule has 0 saturated heterocycles. The SMILES string of the molecule is CCOC(C)C(=O)C=O.O=S(O)O.[Na+]. The molecule has 0 bridgehead atoms. The van der Waals surface area contributed by atoms with E-state index in [1.807, 2.05) is 0 Å². The minimum atomic E-state index is -2.61. The van der Waals surface area contributed by atoms with Crippen LogP contribution in [0.4, 0.5) is 0 Å². The maximum atomic E-state index is 10.4. The van der Waals surface area contributed by atoms with Gasteiger partial charge in [0.15, 0.2) is 6.29 Å². The van der Waals surface area contributed by atoms with Gasteiger partial charge in [-0.2, -0.15) is 4.21 Å². The monoisotopic (exact) mass is 235 g/mol. The van der Waals surface area contributed by atoms with Crippen molar-refractivity contribution < 1.29 is 57.2 Å². The summed E-state index contributed by atoms with van der Waals surface area (Å²) in [6.07, 6.45) is -0.298. The van der Waals surface area contributed by atoms with E-state index in [2.05, 4.69) is 0 Å². The van der Waals surface area contributed by atoms with Gasteiger partial charge in [0.05, 0.1) is 0 Å². The van der Waals surface area contributed by atoms with Crippen LogP contribution < -0.4 is 29.6 Å². The number of hydrogen-bond donors (Lipinski definition) is 2. The van der Waals surface area contributed by atoms with Gasteiger partial charge in [0.25, 0.3) is 11.4 Å². The van der Waals surface area contributed by atoms with E-state index in [1.165, 1.54) is 0 Å². The van der Waals surface area contributed by atoms with Crippen molar-refractivity contribution in [2.45, 2.75) is 20.0 Å². The molecule has 78 valence electrons. The van der Waals surface area contributed by atoms with Crippen molar-refractivity contribution in [1.29, 1.82) is 0 Å². The van der Waals surface area contributed by atoms with Crippen molar-refractivity contribution in [1.82, 2.24) is 0 Å². The van der Waals surface area contributed by atoms with Gasteiger partial charge in [0, 0.05) is 6.61 Å². The number of Topliss-reactive ketones (excluding diaryl/α,β-unsaturated/α-hetero) is 1. The molecule has 1 unspecified atom stereocenters. The molecule has 0 fully saturated rings. The Labute approximate surface area is 107 Å². The van der Waals surface area contributed by atoms with Gasteiger partial charge in [-0.25, -0.2) is 0 Å². The van der Waals surface area contributed by atoms with Gasteiger partial charge in [0.1, 0.15) is 6.10 Å². The Morgan fingerprint density at radius 3 is 2.14 bits per heavy atom. The molecule has 0 heterocycles. The molecule has 0 aromatic rings. The number of ether oxygens (including phenoxy) is 1. The van der Waals surface area contributed by atoms with Crippen LogP contribution in [0.2, 0.25) is 0 Å². The van der Waals surface area contributed by atoms with Crippen molar-refractivity contribution in [3.8, 4) is 0 Å². The van der Waals surface area contributed by atoms with E-state index in [4.69, 9.17) is 18.1 Å². The summed E-state index contributed by atoms with van der Waals surface area (Å²) in [5, 5.41) is 0. The molecule has 0 radical (unpaired) electrons. The largest absolute Gasteiger partial charge is 1.00 e. The van der Waals surface area contributed by atoms with E-state index in [1.54, 1.807) is 13.8 Å². The maximum Gasteiger partial charge on any atom is 1.00 e. The van der Waals surface area contributed by atoms with E-state index < -0.39 is 23.2 Å². The second-order valence-corrected chi connectivity index (χ2v) is 2.31. The third kappa shape index (κ3) is 18.2. The van der Waals surface area contributed by atoms with Crippen LogP contribution in [0.3, 0.4) is 0 Å². The molecule has 0 aliphatic carbocycles. The number of ketones is 1. The molecule has 0 rings (SSSR count). The topological polar surface area (TPSA) is 101 Å². The summed E-state index contributed by atoms with van der Waals surface area (Å²) in [6.45, 7) is 3.79. The zero-order valence-electron chi connectivity index (χ0n) is 8.30. The molecule has 6 nitrogen and oxygen atoms in total. The predicted molar refractivity (Wildman–Crippen MR) is 45.6 cm³/mol. The molecule has 8 heteroatoms. The summed E-state index contributed by atoms with van der Waals surface area (Å²) >= 11 is -2.61. The fourth-order valence-electron chi connectivity index (χ4n) is 0.428. The van der Waals surface area contributed by atoms with Gasteiger partial charge >= 0.3 is 29.6 Å². The Kier molecular flexibility index (Phi) is 19.0. The van der Waals surface area contributed by atoms with E-state index >= 15 is 0 Å². The van der Waals surface area contributed by atoms with Gasteiger partial charge < -0.3 is 4.74 Å².